The first-order valence-electron chi connectivity index (χ1n) is 6.75. The van der Waals surface area contributed by atoms with E-state index in [1.807, 2.05) is 22.6 Å². The van der Waals surface area contributed by atoms with Crippen molar-refractivity contribution in [2.24, 2.45) is 0 Å². The lowest BCUT2D eigenvalue weighted by molar-refractivity contribution is -0.127. The van der Waals surface area contributed by atoms with Gasteiger partial charge in [-0.25, -0.2) is 4.39 Å². The summed E-state index contributed by atoms with van der Waals surface area (Å²) in [5.74, 6) is -0.106. The molecule has 1 aromatic carbocycles. The average Bonchev–Trinajstić information content (AvgIpc) is 2.89. The fourth-order valence-corrected chi connectivity index (χ4v) is 3.09. The van der Waals surface area contributed by atoms with Gasteiger partial charge >= 0.3 is 0 Å². The first-order valence-corrected chi connectivity index (χ1v) is 7.82. The van der Waals surface area contributed by atoms with Gasteiger partial charge in [-0.1, -0.05) is 11.7 Å². The standard InChI is InChI=1S/C15H14FIN2O2/c1-9(17)15(20)19-6-4-10(5-7-19)14-12-8-11(16)2-3-13(12)21-18-14/h2-3,8,10H,1,4-7H2. The molecule has 3 rings (SSSR count). The molecular formula is C15H14FIN2O2. The van der Waals surface area contributed by atoms with Gasteiger partial charge in [0.1, 0.15) is 5.82 Å². The molecule has 1 amide bonds. The maximum Gasteiger partial charge on any atom is 0.259 e. The minimum absolute atomic E-state index is 0.00916. The summed E-state index contributed by atoms with van der Waals surface area (Å²) in [5, 5.41) is 4.84. The maximum absolute atomic E-state index is 13.4. The highest BCUT2D eigenvalue weighted by molar-refractivity contribution is 14.1. The highest BCUT2D eigenvalue weighted by Gasteiger charge is 2.27. The number of rotatable bonds is 2. The number of fused-ring (bicyclic) bond motifs is 1. The Morgan fingerprint density at radius 1 is 1.43 bits per heavy atom. The van der Waals surface area contributed by atoms with Crippen LogP contribution in [0.3, 0.4) is 0 Å². The molecular weight excluding hydrogens is 386 g/mol. The summed E-state index contributed by atoms with van der Waals surface area (Å²) < 4.78 is 19.2. The third kappa shape index (κ3) is 2.81. The Kier molecular flexibility index (Phi) is 3.97. The molecule has 110 valence electrons. The number of hydrogen-bond donors (Lipinski definition) is 0. The van der Waals surface area contributed by atoms with E-state index in [0.29, 0.717) is 22.3 Å². The molecule has 6 heteroatoms. The minimum atomic E-state index is -0.291. The van der Waals surface area contributed by atoms with Crippen molar-refractivity contribution in [2.45, 2.75) is 18.8 Å². The van der Waals surface area contributed by atoms with Crippen molar-refractivity contribution < 1.29 is 13.7 Å². The molecule has 0 bridgehead atoms. The highest BCUT2D eigenvalue weighted by atomic mass is 127. The van der Waals surface area contributed by atoms with Gasteiger partial charge in [0, 0.05) is 24.4 Å². The SMILES string of the molecule is C=C(I)C(=O)N1CCC(c2noc3ccc(F)cc23)CC1. The van der Waals surface area contributed by atoms with Crippen molar-refractivity contribution in [2.75, 3.05) is 13.1 Å². The number of piperidine rings is 1. The Bertz CT molecular complexity index is 705. The minimum Gasteiger partial charge on any atom is -0.356 e. The Morgan fingerprint density at radius 2 is 2.14 bits per heavy atom. The van der Waals surface area contributed by atoms with Gasteiger partial charge in [-0.15, -0.1) is 0 Å². The monoisotopic (exact) mass is 400 g/mol. The summed E-state index contributed by atoms with van der Waals surface area (Å²) in [6.07, 6.45) is 1.60. The number of nitrogens with zero attached hydrogens (tertiary/aromatic N) is 2. The van der Waals surface area contributed by atoms with Crippen LogP contribution in [0.2, 0.25) is 0 Å². The second-order valence-electron chi connectivity index (χ2n) is 5.18. The Labute approximate surface area is 135 Å². The summed E-state index contributed by atoms with van der Waals surface area (Å²) in [7, 11) is 0. The van der Waals surface area contributed by atoms with Crippen LogP contribution in [-0.2, 0) is 4.79 Å². The lowest BCUT2D eigenvalue weighted by atomic mass is 9.91. The van der Waals surface area contributed by atoms with Crippen LogP contribution >= 0.6 is 22.6 Å². The quantitative estimate of drug-likeness (QED) is 0.572. The van der Waals surface area contributed by atoms with E-state index >= 15 is 0 Å². The fourth-order valence-electron chi connectivity index (χ4n) is 2.75. The maximum atomic E-state index is 13.4. The van der Waals surface area contributed by atoms with Crippen molar-refractivity contribution in [1.29, 1.82) is 0 Å². The summed E-state index contributed by atoms with van der Waals surface area (Å²) in [6, 6.07) is 4.43. The van der Waals surface area contributed by atoms with E-state index in [0.717, 1.165) is 23.9 Å². The summed E-state index contributed by atoms with van der Waals surface area (Å²) in [6.45, 7) is 5.00. The predicted molar refractivity (Wildman–Crippen MR) is 85.7 cm³/mol. The van der Waals surface area contributed by atoms with Gasteiger partial charge in [0.15, 0.2) is 5.58 Å². The number of likely N-dealkylation sites (tertiary alicyclic amines) is 1. The molecule has 21 heavy (non-hydrogen) atoms. The van der Waals surface area contributed by atoms with Gasteiger partial charge in [-0.3, -0.25) is 4.79 Å². The van der Waals surface area contributed by atoms with E-state index in [1.165, 1.54) is 12.1 Å². The largest absolute Gasteiger partial charge is 0.356 e. The third-order valence-corrected chi connectivity index (χ3v) is 4.32. The van der Waals surface area contributed by atoms with Crippen LogP contribution in [0.4, 0.5) is 4.39 Å². The molecule has 4 nitrogen and oxygen atoms in total. The first-order chi connectivity index (χ1) is 10.1. The molecule has 0 saturated carbocycles. The van der Waals surface area contributed by atoms with E-state index < -0.39 is 0 Å². The molecule has 0 N–H and O–H groups in total. The van der Waals surface area contributed by atoms with E-state index in [9.17, 15) is 9.18 Å². The lowest BCUT2D eigenvalue weighted by Gasteiger charge is -2.31. The molecule has 1 aliphatic rings. The van der Waals surface area contributed by atoms with E-state index in [-0.39, 0.29) is 17.6 Å². The average molecular weight is 400 g/mol. The molecule has 1 aromatic heterocycles. The van der Waals surface area contributed by atoms with E-state index in [4.69, 9.17) is 4.52 Å². The molecule has 0 atom stereocenters. The smallest absolute Gasteiger partial charge is 0.259 e. The van der Waals surface area contributed by atoms with Gasteiger partial charge < -0.3 is 9.42 Å². The van der Waals surface area contributed by atoms with Crippen LogP contribution in [0.5, 0.6) is 0 Å². The molecule has 1 aliphatic heterocycles. The summed E-state index contributed by atoms with van der Waals surface area (Å²) in [4.78, 5) is 13.7. The van der Waals surface area contributed by atoms with Gasteiger partial charge in [-0.2, -0.15) is 0 Å². The van der Waals surface area contributed by atoms with Gasteiger partial charge in [-0.05, 0) is 53.6 Å². The molecule has 2 heterocycles. The molecule has 0 unspecified atom stereocenters. The summed E-state index contributed by atoms with van der Waals surface area (Å²) >= 11 is 1.95. The van der Waals surface area contributed by atoms with Crippen molar-refractivity contribution in [3.8, 4) is 0 Å². The molecule has 0 spiro atoms. The van der Waals surface area contributed by atoms with Crippen molar-refractivity contribution in [1.82, 2.24) is 10.1 Å². The van der Waals surface area contributed by atoms with Crippen LogP contribution in [-0.4, -0.2) is 29.1 Å². The van der Waals surface area contributed by atoms with Gasteiger partial charge in [0.25, 0.3) is 5.91 Å². The first kappa shape index (κ1) is 14.5. The Morgan fingerprint density at radius 3 is 2.81 bits per heavy atom. The third-order valence-electron chi connectivity index (χ3n) is 3.86. The fraction of sp³-hybridized carbons (Fsp3) is 0.333. The number of amides is 1. The van der Waals surface area contributed by atoms with Crippen LogP contribution in [0.1, 0.15) is 24.5 Å². The van der Waals surface area contributed by atoms with Gasteiger partial charge in [0.05, 0.1) is 9.27 Å². The zero-order chi connectivity index (χ0) is 15.0. The number of carbonyl (C=O) groups excluding carboxylic acids is 1. The van der Waals surface area contributed by atoms with Crippen LogP contribution in [0.15, 0.2) is 32.9 Å². The number of aromatic nitrogens is 1. The van der Waals surface area contributed by atoms with Crippen molar-refractivity contribution in [3.05, 3.63) is 39.9 Å². The lowest BCUT2D eigenvalue weighted by Crippen LogP contribution is -2.37. The normalized spacial score (nSPS) is 16.4. The molecule has 0 aliphatic carbocycles. The van der Waals surface area contributed by atoms with E-state index in [2.05, 4.69) is 11.7 Å². The van der Waals surface area contributed by atoms with Crippen LogP contribution < -0.4 is 0 Å². The zero-order valence-corrected chi connectivity index (χ0v) is 13.5. The predicted octanol–water partition coefficient (Wildman–Crippen LogP) is 3.62. The number of benzene rings is 1. The Hall–Kier alpha value is -1.44. The second-order valence-corrected chi connectivity index (χ2v) is 6.48. The van der Waals surface area contributed by atoms with Crippen LogP contribution in [0, 0.1) is 5.82 Å². The van der Waals surface area contributed by atoms with Crippen molar-refractivity contribution in [3.63, 3.8) is 0 Å². The second kappa shape index (κ2) is 5.75. The van der Waals surface area contributed by atoms with Crippen LogP contribution in [0.25, 0.3) is 11.0 Å². The zero-order valence-electron chi connectivity index (χ0n) is 11.3. The topological polar surface area (TPSA) is 46.3 Å². The van der Waals surface area contributed by atoms with Crippen molar-refractivity contribution >= 4 is 39.5 Å². The molecule has 1 fully saturated rings. The molecule has 2 aromatic rings. The number of halogens is 2. The Balaban J connectivity index is 1.78. The number of carbonyl (C=O) groups is 1. The highest BCUT2D eigenvalue weighted by Crippen LogP contribution is 2.33. The van der Waals surface area contributed by atoms with E-state index in [1.54, 1.807) is 11.0 Å². The molecule has 0 radical (unpaired) electrons. The van der Waals surface area contributed by atoms with Gasteiger partial charge in [0.2, 0.25) is 0 Å². The summed E-state index contributed by atoms with van der Waals surface area (Å²) in [5.41, 5.74) is 1.40. The number of hydrogen-bond acceptors (Lipinski definition) is 3. The molecule has 1 saturated heterocycles.